The Morgan fingerprint density at radius 1 is 1.00 bits per heavy atom. The van der Waals surface area contributed by atoms with Crippen molar-refractivity contribution in [3.63, 3.8) is 0 Å². The molecule has 0 spiro atoms. The molecule has 0 saturated carbocycles. The van der Waals surface area contributed by atoms with Crippen LogP contribution in [0.5, 0.6) is 11.5 Å². The van der Waals surface area contributed by atoms with Gasteiger partial charge < -0.3 is 19.5 Å². The topological polar surface area (TPSA) is 94.9 Å². The quantitative estimate of drug-likeness (QED) is 0.253. The van der Waals surface area contributed by atoms with Crippen molar-refractivity contribution in [3.8, 4) is 28.4 Å². The number of hydrogen-bond acceptors (Lipinski definition) is 7. The number of thioether (sulfide) groups is 1. The highest BCUT2D eigenvalue weighted by atomic mass is 32.2. The van der Waals surface area contributed by atoms with Crippen molar-refractivity contribution in [2.75, 3.05) is 51.7 Å². The molecule has 1 atom stereocenters. The summed E-state index contributed by atoms with van der Waals surface area (Å²) in [6, 6.07) is 21.8. The number of benzene rings is 3. The molecule has 43 heavy (non-hydrogen) atoms. The molecule has 0 bridgehead atoms. The number of hydrogen-bond donors (Lipinski definition) is 1. The first kappa shape index (κ1) is 30.2. The number of carbonyl (C=O) groups excluding carboxylic acids is 2. The SMILES string of the molecule is COCCNC(=O)CN1C(=O)CSC(c2ccc(OC)c(OC)c2)c2c(-c3ccccc3)nn(-c3cccc(C)c3C)c21. The molecule has 4 aromatic rings. The largest absolute Gasteiger partial charge is 0.493 e. The lowest BCUT2D eigenvalue weighted by Gasteiger charge is -2.24. The molecule has 9 nitrogen and oxygen atoms in total. The first-order valence-electron chi connectivity index (χ1n) is 14.0. The van der Waals surface area contributed by atoms with Gasteiger partial charge in [-0.3, -0.25) is 14.5 Å². The van der Waals surface area contributed by atoms with E-state index in [2.05, 4.69) is 5.32 Å². The Morgan fingerprint density at radius 2 is 1.77 bits per heavy atom. The van der Waals surface area contributed by atoms with Gasteiger partial charge in [-0.2, -0.15) is 5.10 Å². The number of fused-ring (bicyclic) bond motifs is 1. The second-order valence-corrected chi connectivity index (χ2v) is 11.3. The molecule has 5 rings (SSSR count). The molecule has 1 aromatic heterocycles. The van der Waals surface area contributed by atoms with E-state index in [4.69, 9.17) is 19.3 Å². The van der Waals surface area contributed by atoms with Crippen molar-refractivity contribution < 1.29 is 23.8 Å². The Kier molecular flexibility index (Phi) is 9.37. The van der Waals surface area contributed by atoms with Crippen LogP contribution < -0.4 is 19.7 Å². The van der Waals surface area contributed by atoms with Crippen LogP contribution in [0.25, 0.3) is 16.9 Å². The molecule has 2 heterocycles. The highest BCUT2D eigenvalue weighted by Crippen LogP contribution is 2.49. The number of amides is 2. The minimum atomic E-state index is -0.297. The zero-order valence-corrected chi connectivity index (χ0v) is 25.9. The highest BCUT2D eigenvalue weighted by molar-refractivity contribution is 8.00. The molecule has 0 aliphatic carbocycles. The summed E-state index contributed by atoms with van der Waals surface area (Å²) in [7, 11) is 4.79. The predicted octanol–water partition coefficient (Wildman–Crippen LogP) is 5.11. The molecule has 1 unspecified atom stereocenters. The third-order valence-electron chi connectivity index (χ3n) is 7.58. The van der Waals surface area contributed by atoms with Gasteiger partial charge >= 0.3 is 0 Å². The number of carbonyl (C=O) groups is 2. The molecule has 0 radical (unpaired) electrons. The van der Waals surface area contributed by atoms with Gasteiger partial charge in [0.2, 0.25) is 11.8 Å². The molecular weight excluding hydrogens is 564 g/mol. The van der Waals surface area contributed by atoms with Crippen molar-refractivity contribution >= 4 is 29.4 Å². The molecule has 3 aromatic carbocycles. The van der Waals surface area contributed by atoms with Crippen molar-refractivity contribution in [3.05, 3.63) is 89.0 Å². The fourth-order valence-electron chi connectivity index (χ4n) is 5.23. The summed E-state index contributed by atoms with van der Waals surface area (Å²) in [5, 5.41) is 7.77. The zero-order valence-electron chi connectivity index (χ0n) is 25.0. The Hall–Kier alpha value is -4.28. The maximum Gasteiger partial charge on any atom is 0.240 e. The second kappa shape index (κ2) is 13.4. The molecule has 1 aliphatic rings. The number of ether oxygens (including phenoxy) is 3. The van der Waals surface area contributed by atoms with Crippen LogP contribution in [-0.2, 0) is 14.3 Å². The van der Waals surface area contributed by atoms with E-state index in [0.29, 0.717) is 30.5 Å². The summed E-state index contributed by atoms with van der Waals surface area (Å²) in [6.45, 7) is 4.66. The summed E-state index contributed by atoms with van der Waals surface area (Å²) < 4.78 is 18.1. The van der Waals surface area contributed by atoms with E-state index >= 15 is 0 Å². The van der Waals surface area contributed by atoms with Crippen LogP contribution in [0.2, 0.25) is 0 Å². The number of anilines is 1. The van der Waals surface area contributed by atoms with Crippen LogP contribution in [0, 0.1) is 13.8 Å². The summed E-state index contributed by atoms with van der Waals surface area (Å²) in [4.78, 5) is 28.7. The Bertz CT molecular complexity index is 1620. The van der Waals surface area contributed by atoms with E-state index in [-0.39, 0.29) is 29.4 Å². The van der Waals surface area contributed by atoms with Crippen LogP contribution >= 0.6 is 11.8 Å². The molecule has 224 valence electrons. The number of aromatic nitrogens is 2. The lowest BCUT2D eigenvalue weighted by atomic mass is 9.99. The first-order chi connectivity index (χ1) is 20.9. The van der Waals surface area contributed by atoms with E-state index < -0.39 is 0 Å². The van der Waals surface area contributed by atoms with Gasteiger partial charge in [-0.1, -0.05) is 48.5 Å². The number of aryl methyl sites for hydroxylation is 1. The predicted molar refractivity (Wildman–Crippen MR) is 170 cm³/mol. The van der Waals surface area contributed by atoms with E-state index in [0.717, 1.165) is 39.2 Å². The maximum atomic E-state index is 13.9. The monoisotopic (exact) mass is 600 g/mol. The molecule has 10 heteroatoms. The standard InChI is InChI=1S/C33H36N4O5S/c1-21-10-9-13-25(22(21)2)37-33-30(31(35-37)23-11-7-6-8-12-23)32(24-14-15-26(41-4)27(18-24)42-5)43-20-29(39)36(33)19-28(38)34-16-17-40-3/h6-15,18,32H,16-17,19-20H2,1-5H3,(H,34,38). The summed E-state index contributed by atoms with van der Waals surface area (Å²) in [5.74, 6) is 1.49. The minimum absolute atomic E-state index is 0.153. The molecular formula is C33H36N4O5S. The zero-order chi connectivity index (χ0) is 30.5. The number of methoxy groups -OCH3 is 3. The average molecular weight is 601 g/mol. The van der Waals surface area contributed by atoms with Gasteiger partial charge in [0, 0.05) is 24.8 Å². The van der Waals surface area contributed by atoms with Gasteiger partial charge in [-0.15, -0.1) is 11.8 Å². The van der Waals surface area contributed by atoms with Crippen LogP contribution in [0.3, 0.4) is 0 Å². The second-order valence-electron chi connectivity index (χ2n) is 10.2. The third-order valence-corrected chi connectivity index (χ3v) is 8.84. The van der Waals surface area contributed by atoms with Gasteiger partial charge in [-0.05, 0) is 48.7 Å². The van der Waals surface area contributed by atoms with Gasteiger partial charge in [0.1, 0.15) is 12.4 Å². The van der Waals surface area contributed by atoms with Gasteiger partial charge in [0.15, 0.2) is 11.5 Å². The minimum Gasteiger partial charge on any atom is -0.493 e. The lowest BCUT2D eigenvalue weighted by molar-refractivity contribution is -0.123. The van der Waals surface area contributed by atoms with Crippen LogP contribution in [-0.4, -0.2) is 68.4 Å². The van der Waals surface area contributed by atoms with Crippen molar-refractivity contribution in [2.45, 2.75) is 19.1 Å². The third kappa shape index (κ3) is 6.11. The van der Waals surface area contributed by atoms with Crippen LogP contribution in [0.1, 0.15) is 27.5 Å². The molecule has 0 saturated heterocycles. The molecule has 2 amide bonds. The van der Waals surface area contributed by atoms with Crippen molar-refractivity contribution in [1.29, 1.82) is 0 Å². The van der Waals surface area contributed by atoms with E-state index in [1.54, 1.807) is 26.2 Å². The highest BCUT2D eigenvalue weighted by Gasteiger charge is 2.38. The van der Waals surface area contributed by atoms with Crippen LogP contribution in [0.4, 0.5) is 5.82 Å². The number of nitrogens with one attached hydrogen (secondary N) is 1. The molecule has 1 aliphatic heterocycles. The molecule has 0 fully saturated rings. The van der Waals surface area contributed by atoms with Gasteiger partial charge in [-0.25, -0.2) is 4.68 Å². The Labute approximate surface area is 256 Å². The van der Waals surface area contributed by atoms with Gasteiger partial charge in [0.05, 0.1) is 43.2 Å². The fraction of sp³-hybridized carbons (Fsp3) is 0.303. The summed E-state index contributed by atoms with van der Waals surface area (Å²) in [5.41, 5.74) is 6.40. The molecule has 1 N–H and O–H groups in total. The summed E-state index contributed by atoms with van der Waals surface area (Å²) >= 11 is 1.50. The Balaban J connectivity index is 1.79. The van der Waals surface area contributed by atoms with Crippen molar-refractivity contribution in [1.82, 2.24) is 15.1 Å². The van der Waals surface area contributed by atoms with Gasteiger partial charge in [0.25, 0.3) is 0 Å². The normalized spacial score (nSPS) is 14.7. The van der Waals surface area contributed by atoms with E-state index in [9.17, 15) is 9.59 Å². The van der Waals surface area contributed by atoms with Crippen molar-refractivity contribution in [2.24, 2.45) is 0 Å². The van der Waals surface area contributed by atoms with E-state index in [1.165, 1.54) is 11.8 Å². The lowest BCUT2D eigenvalue weighted by Crippen LogP contribution is -2.43. The fourth-order valence-corrected chi connectivity index (χ4v) is 6.42. The number of nitrogens with zero attached hydrogens (tertiary/aromatic N) is 3. The van der Waals surface area contributed by atoms with Crippen LogP contribution in [0.15, 0.2) is 66.7 Å². The number of rotatable bonds is 10. The first-order valence-corrected chi connectivity index (χ1v) is 15.1. The average Bonchev–Trinajstić information content (AvgIpc) is 3.34. The summed E-state index contributed by atoms with van der Waals surface area (Å²) in [6.07, 6.45) is 0. The Morgan fingerprint density at radius 3 is 2.49 bits per heavy atom. The smallest absolute Gasteiger partial charge is 0.240 e. The maximum absolute atomic E-state index is 13.9. The van der Waals surface area contributed by atoms with E-state index in [1.807, 2.05) is 85.3 Å².